The van der Waals surface area contributed by atoms with Gasteiger partial charge in [0.15, 0.2) is 0 Å². The van der Waals surface area contributed by atoms with Crippen LogP contribution in [-0.4, -0.2) is 38.3 Å². The van der Waals surface area contributed by atoms with Crippen molar-refractivity contribution in [3.63, 3.8) is 0 Å². The van der Waals surface area contributed by atoms with Crippen molar-refractivity contribution in [2.45, 2.75) is 38.0 Å². The van der Waals surface area contributed by atoms with E-state index in [0.29, 0.717) is 31.7 Å². The fourth-order valence-electron chi connectivity index (χ4n) is 3.47. The Kier molecular flexibility index (Phi) is 6.92. The molecule has 0 spiro atoms. The number of nitrogens with one attached hydrogen (secondary N) is 1. The molecule has 0 aliphatic carbocycles. The Morgan fingerprint density at radius 3 is 2.41 bits per heavy atom. The molecule has 1 aliphatic rings. The Hall–Kier alpha value is -2.38. The van der Waals surface area contributed by atoms with Crippen LogP contribution < -0.4 is 10.1 Å². The molecule has 0 radical (unpaired) electrons. The van der Waals surface area contributed by atoms with Crippen LogP contribution in [0.1, 0.15) is 32.3 Å². The van der Waals surface area contributed by atoms with Crippen molar-refractivity contribution in [1.82, 2.24) is 4.31 Å². The SMILES string of the molecule is CCOc1ccc(S(=O)(=O)N2CCCC(C(=O)Nc3ccc(CC)cc3)C2)cc1. The van der Waals surface area contributed by atoms with Crippen LogP contribution in [0.25, 0.3) is 0 Å². The minimum Gasteiger partial charge on any atom is -0.494 e. The summed E-state index contributed by atoms with van der Waals surface area (Å²) >= 11 is 0. The Bertz CT molecular complexity index is 924. The minimum absolute atomic E-state index is 0.138. The fraction of sp³-hybridized carbons (Fsp3) is 0.409. The summed E-state index contributed by atoms with van der Waals surface area (Å²) in [7, 11) is -3.64. The highest BCUT2D eigenvalue weighted by atomic mass is 32.2. The molecule has 6 nitrogen and oxygen atoms in total. The van der Waals surface area contributed by atoms with E-state index in [-0.39, 0.29) is 23.3 Å². The zero-order valence-electron chi connectivity index (χ0n) is 16.9. The second kappa shape index (κ2) is 9.41. The van der Waals surface area contributed by atoms with Gasteiger partial charge in [-0.05, 0) is 68.1 Å². The maximum absolute atomic E-state index is 13.0. The zero-order valence-corrected chi connectivity index (χ0v) is 17.7. The molecule has 1 N–H and O–H groups in total. The van der Waals surface area contributed by atoms with Crippen LogP contribution in [-0.2, 0) is 21.2 Å². The third kappa shape index (κ3) is 5.16. The molecule has 156 valence electrons. The van der Waals surface area contributed by atoms with E-state index >= 15 is 0 Å². The molecule has 0 aromatic heterocycles. The molecule has 1 heterocycles. The van der Waals surface area contributed by atoms with Crippen molar-refractivity contribution >= 4 is 21.6 Å². The molecule has 1 unspecified atom stereocenters. The second-order valence-electron chi connectivity index (χ2n) is 7.15. The number of carbonyl (C=O) groups excluding carboxylic acids is 1. The topological polar surface area (TPSA) is 75.7 Å². The molecule has 1 saturated heterocycles. The Labute approximate surface area is 172 Å². The standard InChI is InChI=1S/C22H28N2O4S/c1-3-17-7-9-19(10-8-17)23-22(25)18-6-5-15-24(16-18)29(26,27)21-13-11-20(12-14-21)28-4-2/h7-14,18H,3-6,15-16H2,1-2H3,(H,23,25). The molecular formula is C22H28N2O4S. The first-order valence-corrected chi connectivity index (χ1v) is 11.5. The number of carbonyl (C=O) groups is 1. The van der Waals surface area contributed by atoms with Crippen LogP contribution in [0.5, 0.6) is 5.75 Å². The van der Waals surface area contributed by atoms with Crippen LogP contribution in [0.3, 0.4) is 0 Å². The van der Waals surface area contributed by atoms with Gasteiger partial charge in [-0.25, -0.2) is 8.42 Å². The second-order valence-corrected chi connectivity index (χ2v) is 9.08. The lowest BCUT2D eigenvalue weighted by Gasteiger charge is -2.31. The highest BCUT2D eigenvalue weighted by Crippen LogP contribution is 2.26. The summed E-state index contributed by atoms with van der Waals surface area (Å²) in [6, 6.07) is 14.2. The summed E-state index contributed by atoms with van der Waals surface area (Å²) in [5, 5.41) is 2.92. The van der Waals surface area contributed by atoms with Gasteiger partial charge >= 0.3 is 0 Å². The van der Waals surface area contributed by atoms with Crippen molar-refractivity contribution in [3.05, 3.63) is 54.1 Å². The maximum Gasteiger partial charge on any atom is 0.243 e. The predicted octanol–water partition coefficient (Wildman–Crippen LogP) is 3.69. The average molecular weight is 417 g/mol. The molecule has 7 heteroatoms. The molecule has 1 atom stereocenters. The first-order chi connectivity index (χ1) is 13.9. The van der Waals surface area contributed by atoms with Gasteiger partial charge in [0.25, 0.3) is 0 Å². The number of rotatable bonds is 7. The minimum atomic E-state index is -3.64. The fourth-order valence-corrected chi connectivity index (χ4v) is 4.99. The van der Waals surface area contributed by atoms with Gasteiger partial charge in [-0.15, -0.1) is 0 Å². The van der Waals surface area contributed by atoms with Gasteiger partial charge in [0.2, 0.25) is 15.9 Å². The maximum atomic E-state index is 13.0. The van der Waals surface area contributed by atoms with Crippen molar-refractivity contribution in [1.29, 1.82) is 0 Å². The van der Waals surface area contributed by atoms with Gasteiger partial charge < -0.3 is 10.1 Å². The summed E-state index contributed by atoms with van der Waals surface area (Å²) in [5.74, 6) is 0.129. The van der Waals surface area contributed by atoms with Gasteiger partial charge in [-0.3, -0.25) is 4.79 Å². The van der Waals surface area contributed by atoms with Gasteiger partial charge in [0, 0.05) is 18.8 Å². The summed E-state index contributed by atoms with van der Waals surface area (Å²) in [6.07, 6.45) is 2.27. The number of sulfonamides is 1. The molecule has 2 aromatic carbocycles. The van der Waals surface area contributed by atoms with Crippen LogP contribution >= 0.6 is 0 Å². The van der Waals surface area contributed by atoms with Crippen LogP contribution in [0.2, 0.25) is 0 Å². The van der Waals surface area contributed by atoms with E-state index in [1.807, 2.05) is 31.2 Å². The van der Waals surface area contributed by atoms with Crippen LogP contribution in [0, 0.1) is 5.92 Å². The molecule has 0 saturated carbocycles. The number of benzene rings is 2. The Morgan fingerprint density at radius 1 is 1.10 bits per heavy atom. The predicted molar refractivity (Wildman–Crippen MR) is 114 cm³/mol. The number of piperidine rings is 1. The van der Waals surface area contributed by atoms with E-state index in [2.05, 4.69) is 12.2 Å². The van der Waals surface area contributed by atoms with E-state index in [0.717, 1.165) is 12.1 Å². The van der Waals surface area contributed by atoms with Crippen molar-refractivity contribution in [2.75, 3.05) is 25.0 Å². The van der Waals surface area contributed by atoms with Crippen molar-refractivity contribution < 1.29 is 17.9 Å². The number of hydrogen-bond acceptors (Lipinski definition) is 4. The molecule has 29 heavy (non-hydrogen) atoms. The Balaban J connectivity index is 1.67. The summed E-state index contributed by atoms with van der Waals surface area (Å²) < 4.78 is 32.8. The monoisotopic (exact) mass is 416 g/mol. The van der Waals surface area contributed by atoms with Crippen LogP contribution in [0.4, 0.5) is 5.69 Å². The van der Waals surface area contributed by atoms with E-state index in [1.165, 1.54) is 9.87 Å². The number of amides is 1. The first-order valence-electron chi connectivity index (χ1n) is 10.1. The van der Waals surface area contributed by atoms with E-state index in [9.17, 15) is 13.2 Å². The lowest BCUT2D eigenvalue weighted by atomic mass is 9.98. The van der Waals surface area contributed by atoms with Crippen LogP contribution in [0.15, 0.2) is 53.4 Å². The number of hydrogen-bond donors (Lipinski definition) is 1. The molecule has 1 amide bonds. The molecule has 1 fully saturated rings. The molecular weight excluding hydrogens is 388 g/mol. The van der Waals surface area contributed by atoms with Crippen molar-refractivity contribution in [2.24, 2.45) is 5.92 Å². The quantitative estimate of drug-likeness (QED) is 0.747. The lowest BCUT2D eigenvalue weighted by molar-refractivity contribution is -0.120. The van der Waals surface area contributed by atoms with E-state index in [4.69, 9.17) is 4.74 Å². The normalized spacial score (nSPS) is 17.7. The third-order valence-electron chi connectivity index (χ3n) is 5.16. The van der Waals surface area contributed by atoms with E-state index < -0.39 is 10.0 Å². The molecule has 0 bridgehead atoms. The smallest absolute Gasteiger partial charge is 0.243 e. The summed E-state index contributed by atoms with van der Waals surface area (Å²) in [6.45, 7) is 5.09. The van der Waals surface area contributed by atoms with Crippen molar-refractivity contribution in [3.8, 4) is 5.75 Å². The lowest BCUT2D eigenvalue weighted by Crippen LogP contribution is -2.43. The molecule has 2 aromatic rings. The summed E-state index contributed by atoms with van der Waals surface area (Å²) in [5.41, 5.74) is 1.94. The largest absolute Gasteiger partial charge is 0.494 e. The number of aryl methyl sites for hydroxylation is 1. The number of nitrogens with zero attached hydrogens (tertiary/aromatic N) is 1. The van der Waals surface area contributed by atoms with Gasteiger partial charge in [-0.2, -0.15) is 4.31 Å². The molecule has 3 rings (SSSR count). The number of anilines is 1. The molecule has 1 aliphatic heterocycles. The Morgan fingerprint density at radius 2 is 1.79 bits per heavy atom. The van der Waals surface area contributed by atoms with Gasteiger partial charge in [-0.1, -0.05) is 19.1 Å². The zero-order chi connectivity index (χ0) is 20.9. The highest BCUT2D eigenvalue weighted by Gasteiger charge is 2.33. The number of ether oxygens (including phenoxy) is 1. The first kappa shape index (κ1) is 21.3. The summed E-state index contributed by atoms with van der Waals surface area (Å²) in [4.78, 5) is 12.9. The third-order valence-corrected chi connectivity index (χ3v) is 7.04. The van der Waals surface area contributed by atoms with Gasteiger partial charge in [0.05, 0.1) is 17.4 Å². The van der Waals surface area contributed by atoms with Gasteiger partial charge in [0.1, 0.15) is 5.75 Å². The average Bonchev–Trinajstić information content (AvgIpc) is 2.75. The highest BCUT2D eigenvalue weighted by molar-refractivity contribution is 7.89. The van der Waals surface area contributed by atoms with E-state index in [1.54, 1.807) is 24.3 Å².